The summed E-state index contributed by atoms with van der Waals surface area (Å²) >= 11 is 0. The average Bonchev–Trinajstić information content (AvgIpc) is 2.83. The molecule has 1 aliphatic carbocycles. The van der Waals surface area contributed by atoms with Crippen molar-refractivity contribution >= 4 is 17.8 Å². The number of urea groups is 1. The van der Waals surface area contributed by atoms with Gasteiger partial charge in [-0.05, 0) is 24.3 Å². The highest BCUT2D eigenvalue weighted by atomic mass is 16.2. The van der Waals surface area contributed by atoms with Gasteiger partial charge in [0.2, 0.25) is 5.91 Å². The van der Waals surface area contributed by atoms with Crippen LogP contribution in [0.2, 0.25) is 0 Å². The van der Waals surface area contributed by atoms with Gasteiger partial charge in [0.15, 0.2) is 0 Å². The first-order chi connectivity index (χ1) is 11.9. The predicted molar refractivity (Wildman–Crippen MR) is 93.5 cm³/mol. The van der Waals surface area contributed by atoms with Crippen LogP contribution in [-0.4, -0.2) is 46.8 Å². The van der Waals surface area contributed by atoms with E-state index in [9.17, 15) is 14.4 Å². The number of carbonyl (C=O) groups is 3. The van der Waals surface area contributed by atoms with E-state index in [0.29, 0.717) is 13.0 Å². The molecule has 6 nitrogen and oxygen atoms in total. The van der Waals surface area contributed by atoms with E-state index < -0.39 is 11.6 Å². The summed E-state index contributed by atoms with van der Waals surface area (Å²) in [6.45, 7) is 2.25. The number of imide groups is 1. The lowest BCUT2D eigenvalue weighted by molar-refractivity contribution is -0.140. The molecular weight excluding hydrogens is 318 g/mol. The minimum Gasteiger partial charge on any atom is -0.340 e. The van der Waals surface area contributed by atoms with Crippen molar-refractivity contribution in [2.45, 2.75) is 44.7 Å². The Labute approximate surface area is 148 Å². The molecule has 1 N–H and O–H groups in total. The maximum atomic E-state index is 12.9. The molecule has 1 heterocycles. The fourth-order valence-corrected chi connectivity index (χ4v) is 3.84. The van der Waals surface area contributed by atoms with E-state index in [2.05, 4.69) is 5.32 Å². The number of likely N-dealkylation sites (N-methyl/N-ethyl adjacent to an activating group) is 1. The van der Waals surface area contributed by atoms with Crippen molar-refractivity contribution in [3.8, 4) is 0 Å². The van der Waals surface area contributed by atoms with Crippen LogP contribution in [0.5, 0.6) is 0 Å². The van der Waals surface area contributed by atoms with Crippen LogP contribution >= 0.6 is 0 Å². The smallest absolute Gasteiger partial charge is 0.325 e. The van der Waals surface area contributed by atoms with Crippen molar-refractivity contribution in [2.75, 3.05) is 13.6 Å². The Morgan fingerprint density at radius 3 is 2.68 bits per heavy atom. The van der Waals surface area contributed by atoms with Crippen LogP contribution < -0.4 is 5.32 Å². The quantitative estimate of drug-likeness (QED) is 0.852. The highest BCUT2D eigenvalue weighted by Crippen LogP contribution is 2.38. The molecule has 0 aromatic heterocycles. The summed E-state index contributed by atoms with van der Waals surface area (Å²) < 4.78 is 0. The standard InChI is InChI=1S/C19H25N3O3/c1-14-8-6-7-11-19(14)17(24)22(18(25)20-19)13-16(23)21(2)12-15-9-4-3-5-10-15/h3-5,9-10,14H,6-8,11-13H2,1-2H3,(H,20,25)/t14-,19+/m1/s1. The molecular formula is C19H25N3O3. The van der Waals surface area contributed by atoms with Gasteiger partial charge >= 0.3 is 6.03 Å². The van der Waals surface area contributed by atoms with Gasteiger partial charge < -0.3 is 10.2 Å². The summed E-state index contributed by atoms with van der Waals surface area (Å²) in [5.74, 6) is -0.390. The third-order valence-electron chi connectivity index (χ3n) is 5.48. The fraction of sp³-hybridized carbons (Fsp3) is 0.526. The molecule has 0 bridgehead atoms. The minimum atomic E-state index is -0.812. The molecule has 1 saturated carbocycles. The third-order valence-corrected chi connectivity index (χ3v) is 5.48. The zero-order valence-electron chi connectivity index (χ0n) is 14.8. The molecule has 2 aliphatic rings. The van der Waals surface area contributed by atoms with E-state index >= 15 is 0 Å². The van der Waals surface area contributed by atoms with Gasteiger partial charge in [-0.2, -0.15) is 0 Å². The van der Waals surface area contributed by atoms with E-state index in [4.69, 9.17) is 0 Å². The second kappa shape index (κ2) is 6.86. The molecule has 134 valence electrons. The number of carbonyl (C=O) groups excluding carboxylic acids is 3. The summed E-state index contributed by atoms with van der Waals surface area (Å²) in [5, 5.41) is 2.88. The topological polar surface area (TPSA) is 69.7 Å². The molecule has 2 fully saturated rings. The van der Waals surface area contributed by atoms with E-state index in [1.165, 1.54) is 0 Å². The Bertz CT molecular complexity index is 676. The average molecular weight is 343 g/mol. The van der Waals surface area contributed by atoms with Gasteiger partial charge in [-0.15, -0.1) is 0 Å². The van der Waals surface area contributed by atoms with Gasteiger partial charge in [-0.25, -0.2) is 4.79 Å². The zero-order valence-corrected chi connectivity index (χ0v) is 14.8. The Kier molecular flexibility index (Phi) is 4.79. The first kappa shape index (κ1) is 17.5. The number of rotatable bonds is 4. The monoisotopic (exact) mass is 343 g/mol. The number of amides is 4. The van der Waals surface area contributed by atoms with E-state index in [-0.39, 0.29) is 24.3 Å². The molecule has 1 saturated heterocycles. The van der Waals surface area contributed by atoms with Crippen LogP contribution in [-0.2, 0) is 16.1 Å². The second-order valence-corrected chi connectivity index (χ2v) is 7.18. The van der Waals surface area contributed by atoms with Crippen LogP contribution in [0, 0.1) is 5.92 Å². The Morgan fingerprint density at radius 2 is 2.00 bits per heavy atom. The summed E-state index contributed by atoms with van der Waals surface area (Å²) in [6, 6.07) is 9.19. The Balaban J connectivity index is 1.67. The summed E-state index contributed by atoms with van der Waals surface area (Å²) in [7, 11) is 1.69. The maximum Gasteiger partial charge on any atom is 0.325 e. The molecule has 25 heavy (non-hydrogen) atoms. The van der Waals surface area contributed by atoms with Crippen LogP contribution in [0.25, 0.3) is 0 Å². The van der Waals surface area contributed by atoms with Crippen molar-refractivity contribution in [3.05, 3.63) is 35.9 Å². The first-order valence-electron chi connectivity index (χ1n) is 8.86. The number of nitrogens with one attached hydrogen (secondary N) is 1. The van der Waals surface area contributed by atoms with Gasteiger partial charge in [0, 0.05) is 13.6 Å². The summed E-state index contributed by atoms with van der Waals surface area (Å²) in [5.41, 5.74) is 0.195. The van der Waals surface area contributed by atoms with E-state index in [1.54, 1.807) is 11.9 Å². The van der Waals surface area contributed by atoms with E-state index in [0.717, 1.165) is 29.7 Å². The number of hydrogen-bond acceptors (Lipinski definition) is 3. The molecule has 6 heteroatoms. The van der Waals surface area contributed by atoms with E-state index in [1.807, 2.05) is 37.3 Å². The van der Waals surface area contributed by atoms with Crippen molar-refractivity contribution in [3.63, 3.8) is 0 Å². The summed E-state index contributed by atoms with van der Waals surface area (Å²) in [6.07, 6.45) is 3.57. The highest BCUT2D eigenvalue weighted by molar-refractivity contribution is 6.09. The molecule has 1 aromatic carbocycles. The van der Waals surface area contributed by atoms with Gasteiger partial charge in [0.1, 0.15) is 12.1 Å². The van der Waals surface area contributed by atoms with Crippen molar-refractivity contribution in [2.24, 2.45) is 5.92 Å². The van der Waals surface area contributed by atoms with Crippen LogP contribution in [0.4, 0.5) is 4.79 Å². The van der Waals surface area contributed by atoms with Gasteiger partial charge in [-0.1, -0.05) is 50.1 Å². The number of benzene rings is 1. The molecule has 1 aromatic rings. The zero-order chi connectivity index (χ0) is 18.0. The van der Waals surface area contributed by atoms with Crippen LogP contribution in [0.15, 0.2) is 30.3 Å². The normalized spacial score (nSPS) is 26.0. The lowest BCUT2D eigenvalue weighted by Gasteiger charge is -2.36. The fourth-order valence-electron chi connectivity index (χ4n) is 3.84. The molecule has 2 atom stereocenters. The minimum absolute atomic E-state index is 0.0971. The molecule has 1 aliphatic heterocycles. The van der Waals surface area contributed by atoms with Gasteiger partial charge in [-0.3, -0.25) is 14.5 Å². The molecule has 0 unspecified atom stereocenters. The highest BCUT2D eigenvalue weighted by Gasteiger charge is 2.55. The Hall–Kier alpha value is -2.37. The first-order valence-corrected chi connectivity index (χ1v) is 8.86. The number of hydrogen-bond donors (Lipinski definition) is 1. The van der Waals surface area contributed by atoms with Crippen molar-refractivity contribution in [1.29, 1.82) is 0 Å². The summed E-state index contributed by atoms with van der Waals surface area (Å²) in [4.78, 5) is 40.4. The van der Waals surface area contributed by atoms with Crippen LogP contribution in [0.3, 0.4) is 0 Å². The third kappa shape index (κ3) is 3.25. The molecule has 0 radical (unpaired) electrons. The number of nitrogens with zero attached hydrogens (tertiary/aromatic N) is 2. The largest absolute Gasteiger partial charge is 0.340 e. The lowest BCUT2D eigenvalue weighted by Crippen LogP contribution is -2.54. The lowest BCUT2D eigenvalue weighted by atomic mass is 9.73. The predicted octanol–water partition coefficient (Wildman–Crippen LogP) is 2.15. The Morgan fingerprint density at radius 1 is 1.28 bits per heavy atom. The van der Waals surface area contributed by atoms with Crippen molar-refractivity contribution < 1.29 is 14.4 Å². The maximum absolute atomic E-state index is 12.9. The SMILES string of the molecule is C[C@@H]1CCCC[C@]12NC(=O)N(CC(=O)N(C)Cc1ccccc1)C2=O. The molecule has 4 amide bonds. The van der Waals surface area contributed by atoms with Crippen LogP contribution in [0.1, 0.15) is 38.2 Å². The van der Waals surface area contributed by atoms with Crippen molar-refractivity contribution in [1.82, 2.24) is 15.1 Å². The second-order valence-electron chi connectivity index (χ2n) is 7.18. The van der Waals surface area contributed by atoms with Gasteiger partial charge in [0.25, 0.3) is 5.91 Å². The van der Waals surface area contributed by atoms with Gasteiger partial charge in [0.05, 0.1) is 0 Å². The molecule has 1 spiro atoms. The molecule has 3 rings (SSSR count).